The topological polar surface area (TPSA) is 46.3 Å². The molecule has 0 saturated carbocycles. The largest absolute Gasteiger partial charge is 0.434 e. The van der Waals surface area contributed by atoms with E-state index in [0.717, 1.165) is 41.0 Å². The highest BCUT2D eigenvalue weighted by atomic mass is 32.2. The number of carbonyl (C=O) groups excluding carboxylic acids is 1. The number of benzene rings is 1. The first-order chi connectivity index (χ1) is 15.8. The van der Waals surface area contributed by atoms with Crippen molar-refractivity contribution in [3.8, 4) is 0 Å². The maximum absolute atomic E-state index is 12.8. The molecule has 0 N–H and O–H groups in total. The molecule has 0 bridgehead atoms. The molecular formula is C28H38N2O2S. The molecule has 178 valence electrons. The Labute approximate surface area is 203 Å². The van der Waals surface area contributed by atoms with Crippen LogP contribution in [-0.4, -0.2) is 28.9 Å². The van der Waals surface area contributed by atoms with Crippen LogP contribution in [0.1, 0.15) is 76.6 Å². The van der Waals surface area contributed by atoms with Gasteiger partial charge in [-0.3, -0.25) is 4.79 Å². The van der Waals surface area contributed by atoms with Crippen molar-refractivity contribution in [1.82, 2.24) is 9.88 Å². The van der Waals surface area contributed by atoms with Gasteiger partial charge in [0, 0.05) is 35.9 Å². The number of hydrogen-bond acceptors (Lipinski definition) is 4. The minimum absolute atomic E-state index is 0.0763. The SMILES string of the molecule is C\C=C/C(=C\C=C(/C)C(=O)N(CC)CCC)c1nc(C(C)C)oc1SCc1ccc(C)cc1. The predicted octanol–water partition coefficient (Wildman–Crippen LogP) is 7.56. The molecule has 0 atom stereocenters. The van der Waals surface area contributed by atoms with Crippen LogP contribution in [0, 0.1) is 6.92 Å². The van der Waals surface area contributed by atoms with Gasteiger partial charge in [-0.05, 0) is 39.7 Å². The number of rotatable bonds is 11. The minimum atomic E-state index is 0.0763. The molecular weight excluding hydrogens is 428 g/mol. The summed E-state index contributed by atoms with van der Waals surface area (Å²) < 4.78 is 6.17. The van der Waals surface area contributed by atoms with E-state index >= 15 is 0 Å². The van der Waals surface area contributed by atoms with Gasteiger partial charge in [-0.25, -0.2) is 4.98 Å². The molecule has 0 aliphatic heterocycles. The number of amides is 1. The van der Waals surface area contributed by atoms with Gasteiger partial charge in [0.25, 0.3) is 0 Å². The molecule has 1 aromatic carbocycles. The zero-order valence-electron chi connectivity index (χ0n) is 21.1. The average molecular weight is 467 g/mol. The van der Waals surface area contributed by atoms with Crippen LogP contribution in [0.2, 0.25) is 0 Å². The maximum Gasteiger partial charge on any atom is 0.249 e. The normalized spacial score (nSPS) is 12.7. The lowest BCUT2D eigenvalue weighted by Gasteiger charge is -2.20. The van der Waals surface area contributed by atoms with Crippen molar-refractivity contribution in [2.24, 2.45) is 0 Å². The van der Waals surface area contributed by atoms with Crippen LogP contribution in [0.5, 0.6) is 0 Å². The third-order valence-corrected chi connectivity index (χ3v) is 6.25. The van der Waals surface area contributed by atoms with Gasteiger partial charge in [0.15, 0.2) is 11.0 Å². The standard InChI is InChI=1S/C28H38N2O2S/c1-8-11-24(17-14-22(7)27(31)30(10-3)18-9-2)25-28(32-26(29-25)20(4)5)33-19-23-15-12-21(6)13-16-23/h8,11-17,20H,9-10,18-19H2,1-7H3/b11-8-,22-14+,24-17+. The molecule has 0 unspecified atom stereocenters. The van der Waals surface area contributed by atoms with E-state index in [1.165, 1.54) is 11.1 Å². The molecule has 0 saturated heterocycles. The number of carbonyl (C=O) groups is 1. The number of thioether (sulfide) groups is 1. The average Bonchev–Trinajstić information content (AvgIpc) is 3.23. The summed E-state index contributed by atoms with van der Waals surface area (Å²) in [5.74, 6) is 1.80. The molecule has 0 radical (unpaired) electrons. The van der Waals surface area contributed by atoms with E-state index in [-0.39, 0.29) is 11.8 Å². The van der Waals surface area contributed by atoms with Crippen LogP contribution in [0.15, 0.2) is 63.7 Å². The van der Waals surface area contributed by atoms with Crippen molar-refractivity contribution in [1.29, 1.82) is 0 Å². The number of allylic oxidation sites excluding steroid dienone is 5. The van der Waals surface area contributed by atoms with Gasteiger partial charge in [0.1, 0.15) is 5.69 Å². The van der Waals surface area contributed by atoms with E-state index in [1.54, 1.807) is 11.8 Å². The Balaban J connectivity index is 2.37. The number of hydrogen-bond donors (Lipinski definition) is 0. The van der Waals surface area contributed by atoms with Crippen molar-refractivity contribution in [3.63, 3.8) is 0 Å². The van der Waals surface area contributed by atoms with Crippen LogP contribution < -0.4 is 0 Å². The van der Waals surface area contributed by atoms with Crippen LogP contribution in [0.25, 0.3) is 5.57 Å². The molecule has 2 rings (SSSR count). The summed E-state index contributed by atoms with van der Waals surface area (Å²) in [4.78, 5) is 19.5. The van der Waals surface area contributed by atoms with Gasteiger partial charge in [0.05, 0.1) is 0 Å². The Morgan fingerprint density at radius 2 is 1.88 bits per heavy atom. The van der Waals surface area contributed by atoms with Crippen molar-refractivity contribution in [2.45, 2.75) is 71.7 Å². The zero-order chi connectivity index (χ0) is 24.4. The summed E-state index contributed by atoms with van der Waals surface area (Å²) in [6.07, 6.45) is 8.84. The van der Waals surface area contributed by atoms with E-state index in [2.05, 4.69) is 52.0 Å². The molecule has 1 aromatic heterocycles. The summed E-state index contributed by atoms with van der Waals surface area (Å²) in [6.45, 7) is 15.7. The highest BCUT2D eigenvalue weighted by molar-refractivity contribution is 7.98. The van der Waals surface area contributed by atoms with Gasteiger partial charge in [-0.15, -0.1) is 0 Å². The van der Waals surface area contributed by atoms with E-state index in [0.29, 0.717) is 12.1 Å². The zero-order valence-corrected chi connectivity index (χ0v) is 22.0. The molecule has 1 heterocycles. The lowest BCUT2D eigenvalue weighted by molar-refractivity contribution is -0.126. The molecule has 5 heteroatoms. The highest BCUT2D eigenvalue weighted by Crippen LogP contribution is 2.34. The second-order valence-corrected chi connectivity index (χ2v) is 9.42. The third-order valence-electron chi connectivity index (χ3n) is 5.23. The smallest absolute Gasteiger partial charge is 0.249 e. The van der Waals surface area contributed by atoms with Gasteiger partial charge in [-0.2, -0.15) is 0 Å². The molecule has 2 aromatic rings. The highest BCUT2D eigenvalue weighted by Gasteiger charge is 2.19. The second-order valence-electron chi connectivity index (χ2n) is 8.47. The fourth-order valence-corrected chi connectivity index (χ4v) is 4.22. The Bertz CT molecular complexity index is 997. The van der Waals surface area contributed by atoms with Crippen LogP contribution in [0.3, 0.4) is 0 Å². The van der Waals surface area contributed by atoms with Crippen LogP contribution in [0.4, 0.5) is 0 Å². The number of aryl methyl sites for hydroxylation is 1. The van der Waals surface area contributed by atoms with E-state index < -0.39 is 0 Å². The summed E-state index contributed by atoms with van der Waals surface area (Å²) in [6, 6.07) is 8.56. The monoisotopic (exact) mass is 466 g/mol. The Hall–Kier alpha value is -2.53. The number of oxazole rings is 1. The van der Waals surface area contributed by atoms with Crippen molar-refractivity contribution >= 4 is 23.2 Å². The van der Waals surface area contributed by atoms with E-state index in [9.17, 15) is 4.79 Å². The fourth-order valence-electron chi connectivity index (χ4n) is 3.28. The van der Waals surface area contributed by atoms with Gasteiger partial charge in [0.2, 0.25) is 5.91 Å². The van der Waals surface area contributed by atoms with Crippen molar-refractivity contribution in [3.05, 3.63) is 76.9 Å². The molecule has 0 spiro atoms. The fraction of sp³-hybridized carbons (Fsp3) is 0.429. The molecule has 0 fully saturated rings. The Morgan fingerprint density at radius 1 is 1.18 bits per heavy atom. The molecule has 0 aliphatic carbocycles. The van der Waals surface area contributed by atoms with E-state index in [4.69, 9.17) is 9.40 Å². The number of likely N-dealkylation sites (N-methyl/N-ethyl adjacent to an activating group) is 1. The first kappa shape index (κ1) is 26.7. The quantitative estimate of drug-likeness (QED) is 0.195. The third kappa shape index (κ3) is 7.78. The molecule has 1 amide bonds. The molecule has 33 heavy (non-hydrogen) atoms. The lowest BCUT2D eigenvalue weighted by atomic mass is 10.1. The van der Waals surface area contributed by atoms with E-state index in [1.807, 2.05) is 50.0 Å². The van der Waals surface area contributed by atoms with Crippen molar-refractivity contribution in [2.75, 3.05) is 13.1 Å². The first-order valence-corrected chi connectivity index (χ1v) is 12.8. The van der Waals surface area contributed by atoms with Crippen molar-refractivity contribution < 1.29 is 9.21 Å². The first-order valence-electron chi connectivity index (χ1n) is 11.8. The van der Waals surface area contributed by atoms with Gasteiger partial charge >= 0.3 is 0 Å². The summed E-state index contributed by atoms with van der Waals surface area (Å²) in [5, 5.41) is 0.808. The second kappa shape index (κ2) is 13.2. The van der Waals surface area contributed by atoms with Crippen LogP contribution >= 0.6 is 11.8 Å². The number of aromatic nitrogens is 1. The molecule has 4 nitrogen and oxygen atoms in total. The van der Waals surface area contributed by atoms with Crippen LogP contribution in [-0.2, 0) is 10.5 Å². The van der Waals surface area contributed by atoms with Gasteiger partial charge in [-0.1, -0.05) is 86.7 Å². The molecule has 0 aliphatic rings. The maximum atomic E-state index is 12.8. The summed E-state index contributed by atoms with van der Waals surface area (Å²) in [7, 11) is 0. The van der Waals surface area contributed by atoms with Gasteiger partial charge < -0.3 is 9.32 Å². The summed E-state index contributed by atoms with van der Waals surface area (Å²) in [5.41, 5.74) is 4.97. The predicted molar refractivity (Wildman–Crippen MR) is 140 cm³/mol. The number of nitrogens with zero attached hydrogens (tertiary/aromatic N) is 2. The lowest BCUT2D eigenvalue weighted by Crippen LogP contribution is -2.31. The Kier molecular flexibility index (Phi) is 10.7. The Morgan fingerprint density at radius 3 is 2.45 bits per heavy atom. The summed E-state index contributed by atoms with van der Waals surface area (Å²) >= 11 is 1.65. The minimum Gasteiger partial charge on any atom is -0.434 e.